The molecule has 0 unspecified atom stereocenters. The van der Waals surface area contributed by atoms with E-state index in [0.29, 0.717) is 5.82 Å². The van der Waals surface area contributed by atoms with Gasteiger partial charge in [-0.2, -0.15) is 4.98 Å². The second-order valence-corrected chi connectivity index (χ2v) is 4.80. The highest BCUT2D eigenvalue weighted by Crippen LogP contribution is 2.21. The maximum Gasteiger partial charge on any atom is 0.245 e. The monoisotopic (exact) mass is 246 g/mol. The summed E-state index contributed by atoms with van der Waals surface area (Å²) in [6, 6.07) is 2.02. The summed E-state index contributed by atoms with van der Waals surface area (Å²) in [5.41, 5.74) is 4.73. The minimum atomic E-state index is 0.679. The maximum atomic E-state index is 5.55. The molecule has 18 heavy (non-hydrogen) atoms. The molecular weight excluding hydrogens is 228 g/mol. The average molecular weight is 246 g/mol. The molecule has 1 aliphatic heterocycles. The van der Waals surface area contributed by atoms with Gasteiger partial charge in [-0.25, -0.2) is 10.4 Å². The normalized spacial score (nSPS) is 16.2. The Morgan fingerprint density at radius 3 is 2.78 bits per heavy atom. The molecule has 3 heterocycles. The first-order valence-corrected chi connectivity index (χ1v) is 6.36. The van der Waals surface area contributed by atoms with E-state index >= 15 is 0 Å². The number of nitrogens with zero attached hydrogens (tertiary/aromatic N) is 4. The van der Waals surface area contributed by atoms with Crippen LogP contribution in [0.3, 0.4) is 0 Å². The largest absolute Gasteiger partial charge is 0.340 e. The Kier molecular flexibility index (Phi) is 2.79. The SMILES string of the molecule is Cc1cc2c(NN)nc(N3CCCCC3)nn2c1. The highest BCUT2D eigenvalue weighted by Gasteiger charge is 2.16. The Morgan fingerprint density at radius 1 is 1.28 bits per heavy atom. The first-order valence-electron chi connectivity index (χ1n) is 6.36. The van der Waals surface area contributed by atoms with E-state index in [2.05, 4.69) is 20.4 Å². The number of nitrogen functional groups attached to an aromatic ring is 1. The van der Waals surface area contributed by atoms with Crippen molar-refractivity contribution >= 4 is 17.3 Å². The fourth-order valence-electron chi connectivity index (χ4n) is 2.45. The van der Waals surface area contributed by atoms with Crippen molar-refractivity contribution in [2.45, 2.75) is 26.2 Å². The molecule has 0 bridgehead atoms. The number of fused-ring (bicyclic) bond motifs is 1. The molecule has 1 fully saturated rings. The van der Waals surface area contributed by atoms with Crippen LogP contribution < -0.4 is 16.2 Å². The number of nitrogens with two attached hydrogens (primary N) is 1. The lowest BCUT2D eigenvalue weighted by Crippen LogP contribution is -2.31. The summed E-state index contributed by atoms with van der Waals surface area (Å²) in [5, 5.41) is 4.56. The van der Waals surface area contributed by atoms with E-state index in [1.807, 2.05) is 23.7 Å². The van der Waals surface area contributed by atoms with Crippen molar-refractivity contribution in [3.8, 4) is 0 Å². The smallest absolute Gasteiger partial charge is 0.245 e. The van der Waals surface area contributed by atoms with Crippen LogP contribution in [0.2, 0.25) is 0 Å². The Bertz CT molecular complexity index is 555. The first kappa shape index (κ1) is 11.3. The second-order valence-electron chi connectivity index (χ2n) is 4.80. The molecule has 0 amide bonds. The van der Waals surface area contributed by atoms with Gasteiger partial charge in [-0.3, -0.25) is 0 Å². The van der Waals surface area contributed by atoms with Crippen molar-refractivity contribution in [1.29, 1.82) is 0 Å². The summed E-state index contributed by atoms with van der Waals surface area (Å²) in [4.78, 5) is 6.74. The Hall–Kier alpha value is -1.82. The maximum absolute atomic E-state index is 5.55. The zero-order valence-corrected chi connectivity index (χ0v) is 10.6. The molecule has 3 N–H and O–H groups in total. The molecule has 0 spiro atoms. The quantitative estimate of drug-likeness (QED) is 0.617. The van der Waals surface area contributed by atoms with Gasteiger partial charge in [-0.05, 0) is 37.8 Å². The van der Waals surface area contributed by atoms with Crippen LogP contribution in [-0.4, -0.2) is 27.7 Å². The lowest BCUT2D eigenvalue weighted by molar-refractivity contribution is 0.564. The summed E-state index contributed by atoms with van der Waals surface area (Å²) in [6.07, 6.45) is 5.70. The predicted molar refractivity (Wildman–Crippen MR) is 71.6 cm³/mol. The fraction of sp³-hybridized carbons (Fsp3) is 0.500. The number of nitrogens with one attached hydrogen (secondary N) is 1. The van der Waals surface area contributed by atoms with E-state index < -0.39 is 0 Å². The van der Waals surface area contributed by atoms with Gasteiger partial charge < -0.3 is 10.3 Å². The van der Waals surface area contributed by atoms with E-state index in [0.717, 1.165) is 30.1 Å². The molecule has 0 radical (unpaired) electrons. The van der Waals surface area contributed by atoms with Crippen LogP contribution in [0.1, 0.15) is 24.8 Å². The topological polar surface area (TPSA) is 71.5 Å². The van der Waals surface area contributed by atoms with Gasteiger partial charge >= 0.3 is 0 Å². The van der Waals surface area contributed by atoms with Crippen LogP contribution >= 0.6 is 0 Å². The Labute approximate surface area is 106 Å². The number of hydrazine groups is 1. The van der Waals surface area contributed by atoms with Crippen molar-refractivity contribution in [2.24, 2.45) is 5.84 Å². The average Bonchev–Trinajstić information content (AvgIpc) is 2.78. The second kappa shape index (κ2) is 4.45. The van der Waals surface area contributed by atoms with Crippen molar-refractivity contribution in [1.82, 2.24) is 14.6 Å². The molecule has 0 aromatic carbocycles. The van der Waals surface area contributed by atoms with Crippen LogP contribution in [0.15, 0.2) is 12.3 Å². The number of hydrogen-bond acceptors (Lipinski definition) is 5. The zero-order valence-electron chi connectivity index (χ0n) is 10.6. The fourth-order valence-corrected chi connectivity index (χ4v) is 2.45. The van der Waals surface area contributed by atoms with Crippen LogP contribution in [0.5, 0.6) is 0 Å². The van der Waals surface area contributed by atoms with Gasteiger partial charge in [-0.1, -0.05) is 0 Å². The zero-order chi connectivity index (χ0) is 12.5. The molecule has 6 nitrogen and oxygen atoms in total. The molecule has 2 aromatic rings. The number of rotatable bonds is 2. The molecule has 3 rings (SSSR count). The van der Waals surface area contributed by atoms with Crippen LogP contribution in [0.25, 0.3) is 5.52 Å². The first-order chi connectivity index (χ1) is 8.78. The van der Waals surface area contributed by atoms with Crippen molar-refractivity contribution in [2.75, 3.05) is 23.4 Å². The van der Waals surface area contributed by atoms with Crippen LogP contribution in [0.4, 0.5) is 11.8 Å². The van der Waals surface area contributed by atoms with Crippen molar-refractivity contribution < 1.29 is 0 Å². The highest BCUT2D eigenvalue weighted by molar-refractivity contribution is 5.69. The molecule has 1 aliphatic rings. The van der Waals surface area contributed by atoms with Gasteiger partial charge in [0.1, 0.15) is 5.52 Å². The van der Waals surface area contributed by atoms with Crippen LogP contribution in [-0.2, 0) is 0 Å². The number of piperidine rings is 1. The molecule has 96 valence electrons. The van der Waals surface area contributed by atoms with Gasteiger partial charge in [0.15, 0.2) is 5.82 Å². The number of aryl methyl sites for hydroxylation is 1. The van der Waals surface area contributed by atoms with Crippen molar-refractivity contribution in [3.63, 3.8) is 0 Å². The highest BCUT2D eigenvalue weighted by atomic mass is 15.4. The summed E-state index contributed by atoms with van der Waals surface area (Å²) in [5.74, 6) is 6.99. The third-order valence-corrected chi connectivity index (χ3v) is 3.36. The molecular formula is C12H18N6. The van der Waals surface area contributed by atoms with Crippen LogP contribution in [0, 0.1) is 6.92 Å². The van der Waals surface area contributed by atoms with E-state index in [1.54, 1.807) is 0 Å². The molecule has 0 aliphatic carbocycles. The van der Waals surface area contributed by atoms with E-state index in [-0.39, 0.29) is 0 Å². The number of hydrogen-bond donors (Lipinski definition) is 2. The molecule has 0 saturated carbocycles. The third kappa shape index (κ3) is 1.88. The van der Waals surface area contributed by atoms with Gasteiger partial charge in [-0.15, -0.1) is 5.10 Å². The Morgan fingerprint density at radius 2 is 2.06 bits per heavy atom. The summed E-state index contributed by atoms with van der Waals surface area (Å²) >= 11 is 0. The molecule has 2 aromatic heterocycles. The van der Waals surface area contributed by atoms with Gasteiger partial charge in [0.2, 0.25) is 5.95 Å². The summed E-state index contributed by atoms with van der Waals surface area (Å²) < 4.78 is 1.85. The lowest BCUT2D eigenvalue weighted by atomic mass is 10.1. The van der Waals surface area contributed by atoms with Crippen molar-refractivity contribution in [3.05, 3.63) is 17.8 Å². The summed E-state index contributed by atoms with van der Waals surface area (Å²) in [7, 11) is 0. The minimum absolute atomic E-state index is 0.679. The van der Waals surface area contributed by atoms with Gasteiger partial charge in [0, 0.05) is 19.3 Å². The van der Waals surface area contributed by atoms with Gasteiger partial charge in [0.25, 0.3) is 0 Å². The number of anilines is 2. The molecule has 6 heteroatoms. The molecule has 1 saturated heterocycles. The standard InChI is InChI=1S/C12H18N6/c1-9-7-10-11(15-13)14-12(16-18(10)8-9)17-5-3-2-4-6-17/h7-8H,2-6,13H2,1H3,(H,14,15,16). The third-order valence-electron chi connectivity index (χ3n) is 3.36. The molecule has 0 atom stereocenters. The lowest BCUT2D eigenvalue weighted by Gasteiger charge is -2.26. The van der Waals surface area contributed by atoms with E-state index in [9.17, 15) is 0 Å². The van der Waals surface area contributed by atoms with Gasteiger partial charge in [0.05, 0.1) is 0 Å². The Balaban J connectivity index is 2.06. The predicted octanol–water partition coefficient (Wildman–Crippen LogP) is 1.31. The summed E-state index contributed by atoms with van der Waals surface area (Å²) in [6.45, 7) is 4.08. The van der Waals surface area contributed by atoms with E-state index in [1.165, 1.54) is 19.3 Å². The minimum Gasteiger partial charge on any atom is -0.340 e. The number of aromatic nitrogens is 3. The van der Waals surface area contributed by atoms with E-state index in [4.69, 9.17) is 5.84 Å².